The molecule has 0 spiro atoms. The number of anilines is 2. The van der Waals surface area contributed by atoms with Gasteiger partial charge in [0.25, 0.3) is 11.5 Å². The van der Waals surface area contributed by atoms with Gasteiger partial charge in [0.05, 0.1) is 18.4 Å². The molecule has 3 amide bonds. The lowest BCUT2D eigenvalue weighted by Crippen LogP contribution is -2.32. The number of amides is 3. The number of aromatic nitrogens is 2. The van der Waals surface area contributed by atoms with Gasteiger partial charge in [0.15, 0.2) is 5.65 Å². The fourth-order valence-corrected chi connectivity index (χ4v) is 2.87. The molecule has 1 aromatic carbocycles. The van der Waals surface area contributed by atoms with Crippen molar-refractivity contribution < 1.29 is 19.1 Å². The van der Waals surface area contributed by atoms with Crippen LogP contribution in [0, 0.1) is 0 Å². The highest BCUT2D eigenvalue weighted by Gasteiger charge is 2.16. The molecular formula is C20H18ClN5O5. The van der Waals surface area contributed by atoms with Crippen molar-refractivity contribution in [2.24, 2.45) is 0 Å². The fraction of sp³-hybridized carbons (Fsp3) is 0.150. The standard InChI is InChI=1S/C20H18ClN5O5/c1-2-31-16(27)11-23-18(28)14-7-4-8-26-17(14)22-10-15(19(26)29)25-20(30)24-13-6-3-5-12(21)9-13/h3-10H,2,11H2,1H3,(H,23,28)(H2,24,25,30). The van der Waals surface area contributed by atoms with Crippen LogP contribution in [0.5, 0.6) is 0 Å². The number of carbonyl (C=O) groups is 3. The van der Waals surface area contributed by atoms with Gasteiger partial charge in [-0.25, -0.2) is 9.78 Å². The molecule has 3 N–H and O–H groups in total. The Morgan fingerprint density at radius 1 is 1.16 bits per heavy atom. The van der Waals surface area contributed by atoms with Crippen molar-refractivity contribution in [3.8, 4) is 0 Å². The van der Waals surface area contributed by atoms with Gasteiger partial charge in [-0.2, -0.15) is 0 Å². The number of urea groups is 1. The summed E-state index contributed by atoms with van der Waals surface area (Å²) in [4.78, 5) is 52.9. The molecule has 0 radical (unpaired) electrons. The van der Waals surface area contributed by atoms with Gasteiger partial charge >= 0.3 is 12.0 Å². The van der Waals surface area contributed by atoms with Gasteiger partial charge in [-0.3, -0.25) is 18.8 Å². The monoisotopic (exact) mass is 443 g/mol. The minimum atomic E-state index is -0.663. The van der Waals surface area contributed by atoms with Crippen LogP contribution < -0.4 is 21.5 Å². The van der Waals surface area contributed by atoms with E-state index in [0.717, 1.165) is 10.6 Å². The van der Waals surface area contributed by atoms with E-state index < -0.39 is 23.5 Å². The van der Waals surface area contributed by atoms with Crippen LogP contribution in [0.2, 0.25) is 5.02 Å². The molecule has 3 rings (SSSR count). The molecule has 11 heteroatoms. The van der Waals surface area contributed by atoms with Crippen LogP contribution in [0.1, 0.15) is 17.3 Å². The number of hydrogen-bond acceptors (Lipinski definition) is 6. The molecule has 0 aliphatic rings. The first-order chi connectivity index (χ1) is 14.9. The minimum absolute atomic E-state index is 0.0645. The van der Waals surface area contributed by atoms with Gasteiger partial charge < -0.3 is 20.7 Å². The molecule has 0 aliphatic carbocycles. The lowest BCUT2D eigenvalue weighted by molar-refractivity contribution is -0.141. The molecular weight excluding hydrogens is 426 g/mol. The molecule has 2 aromatic heterocycles. The first-order valence-corrected chi connectivity index (χ1v) is 9.54. The number of benzene rings is 1. The molecule has 2 heterocycles. The Labute approximate surface area is 181 Å². The molecule has 0 saturated heterocycles. The maximum Gasteiger partial charge on any atom is 0.325 e. The van der Waals surface area contributed by atoms with Crippen LogP contribution >= 0.6 is 11.6 Å². The Morgan fingerprint density at radius 3 is 2.71 bits per heavy atom. The van der Waals surface area contributed by atoms with Crippen LogP contribution in [0.15, 0.2) is 53.6 Å². The van der Waals surface area contributed by atoms with Crippen LogP contribution in [-0.4, -0.2) is 40.4 Å². The van der Waals surface area contributed by atoms with Gasteiger partial charge in [-0.15, -0.1) is 0 Å². The highest BCUT2D eigenvalue weighted by atomic mass is 35.5. The molecule has 0 atom stereocenters. The molecule has 0 unspecified atom stereocenters. The van der Waals surface area contributed by atoms with Gasteiger partial charge in [-0.05, 0) is 37.3 Å². The van der Waals surface area contributed by atoms with E-state index in [1.807, 2.05) is 0 Å². The smallest absolute Gasteiger partial charge is 0.325 e. The average Bonchev–Trinajstić information content (AvgIpc) is 2.74. The van der Waals surface area contributed by atoms with Crippen LogP contribution in [0.3, 0.4) is 0 Å². The van der Waals surface area contributed by atoms with Crippen molar-refractivity contribution >= 4 is 46.5 Å². The summed E-state index contributed by atoms with van der Waals surface area (Å²) in [5, 5.41) is 7.84. The number of pyridine rings is 1. The van der Waals surface area contributed by atoms with Crippen LogP contribution in [0.25, 0.3) is 5.65 Å². The van der Waals surface area contributed by atoms with Gasteiger partial charge in [0.2, 0.25) is 0 Å². The molecule has 0 aliphatic heterocycles. The molecule has 160 valence electrons. The van der Waals surface area contributed by atoms with E-state index in [1.54, 1.807) is 31.2 Å². The van der Waals surface area contributed by atoms with E-state index in [0.29, 0.717) is 10.7 Å². The Kier molecular flexibility index (Phi) is 6.83. The van der Waals surface area contributed by atoms with Crippen LogP contribution in [0.4, 0.5) is 16.2 Å². The zero-order valence-electron chi connectivity index (χ0n) is 16.3. The third-order valence-corrected chi connectivity index (χ3v) is 4.24. The predicted molar refractivity (Wildman–Crippen MR) is 115 cm³/mol. The normalized spacial score (nSPS) is 10.4. The number of carbonyl (C=O) groups excluding carboxylic acids is 3. The zero-order chi connectivity index (χ0) is 22.4. The first-order valence-electron chi connectivity index (χ1n) is 9.17. The summed E-state index contributed by atoms with van der Waals surface area (Å²) in [5.41, 5.74) is -0.0970. The molecule has 0 bridgehead atoms. The van der Waals surface area contributed by atoms with E-state index in [2.05, 4.69) is 20.9 Å². The van der Waals surface area contributed by atoms with Crippen LogP contribution in [-0.2, 0) is 9.53 Å². The number of fused-ring (bicyclic) bond motifs is 1. The highest BCUT2D eigenvalue weighted by Crippen LogP contribution is 2.15. The lowest BCUT2D eigenvalue weighted by Gasteiger charge is -2.10. The molecule has 0 saturated carbocycles. The number of hydrogen-bond donors (Lipinski definition) is 3. The molecule has 10 nitrogen and oxygen atoms in total. The topological polar surface area (TPSA) is 131 Å². The summed E-state index contributed by atoms with van der Waals surface area (Å²) >= 11 is 5.88. The van der Waals surface area contributed by atoms with Crippen molar-refractivity contribution in [2.75, 3.05) is 23.8 Å². The van der Waals surface area contributed by atoms with Crippen molar-refractivity contribution in [1.29, 1.82) is 0 Å². The van der Waals surface area contributed by atoms with Crippen molar-refractivity contribution in [2.45, 2.75) is 6.92 Å². The zero-order valence-corrected chi connectivity index (χ0v) is 17.1. The highest BCUT2D eigenvalue weighted by molar-refractivity contribution is 6.30. The number of nitrogens with one attached hydrogen (secondary N) is 3. The molecule has 0 fully saturated rings. The second kappa shape index (κ2) is 9.72. The summed E-state index contributed by atoms with van der Waals surface area (Å²) in [6.45, 7) is 1.53. The summed E-state index contributed by atoms with van der Waals surface area (Å²) in [6.07, 6.45) is 2.56. The average molecular weight is 444 g/mol. The van der Waals surface area contributed by atoms with E-state index in [4.69, 9.17) is 16.3 Å². The van der Waals surface area contributed by atoms with E-state index in [9.17, 15) is 19.2 Å². The Hall–Kier alpha value is -3.92. The van der Waals surface area contributed by atoms with Crippen molar-refractivity contribution in [3.05, 3.63) is 69.7 Å². The fourth-order valence-electron chi connectivity index (χ4n) is 2.68. The second-order valence-corrected chi connectivity index (χ2v) is 6.61. The number of nitrogens with zero attached hydrogens (tertiary/aromatic N) is 2. The van der Waals surface area contributed by atoms with E-state index >= 15 is 0 Å². The summed E-state index contributed by atoms with van der Waals surface area (Å²) < 4.78 is 5.88. The van der Waals surface area contributed by atoms with E-state index in [-0.39, 0.29) is 30.0 Å². The molecule has 31 heavy (non-hydrogen) atoms. The Bertz CT molecular complexity index is 1210. The Balaban J connectivity index is 1.79. The van der Waals surface area contributed by atoms with Gasteiger partial charge in [0.1, 0.15) is 12.2 Å². The van der Waals surface area contributed by atoms with Crippen molar-refractivity contribution in [1.82, 2.24) is 14.7 Å². The summed E-state index contributed by atoms with van der Waals surface area (Å²) in [5.74, 6) is -1.18. The number of ether oxygens (including phenoxy) is 1. The predicted octanol–water partition coefficient (Wildman–Crippen LogP) is 2.28. The van der Waals surface area contributed by atoms with Gasteiger partial charge in [-0.1, -0.05) is 17.7 Å². The number of halogens is 1. The van der Waals surface area contributed by atoms with Crippen molar-refractivity contribution in [3.63, 3.8) is 0 Å². The maximum absolute atomic E-state index is 12.8. The van der Waals surface area contributed by atoms with Gasteiger partial charge in [0, 0.05) is 16.9 Å². The quantitative estimate of drug-likeness (QED) is 0.501. The number of rotatable bonds is 6. The maximum atomic E-state index is 12.8. The van der Waals surface area contributed by atoms with E-state index in [1.165, 1.54) is 18.3 Å². The third kappa shape index (κ3) is 5.37. The Morgan fingerprint density at radius 2 is 1.97 bits per heavy atom. The largest absolute Gasteiger partial charge is 0.465 e. The molecule has 3 aromatic rings. The summed E-state index contributed by atoms with van der Waals surface area (Å²) in [6, 6.07) is 8.78. The third-order valence-electron chi connectivity index (χ3n) is 4.01. The second-order valence-electron chi connectivity index (χ2n) is 6.17. The lowest BCUT2D eigenvalue weighted by atomic mass is 10.2. The minimum Gasteiger partial charge on any atom is -0.465 e. The number of esters is 1. The first kappa shape index (κ1) is 21.8. The summed E-state index contributed by atoms with van der Waals surface area (Å²) in [7, 11) is 0. The SMILES string of the molecule is CCOC(=O)CNC(=O)c1cccn2c(=O)c(NC(=O)Nc3cccc(Cl)c3)cnc12.